The number of aliphatic hydroxyl groups excluding tert-OH is 1. The predicted octanol–water partition coefficient (Wildman–Crippen LogP) is 0.123. The number of aliphatic hydroxyl groups is 1. The van der Waals surface area contributed by atoms with E-state index in [-0.39, 0.29) is 12.2 Å². The summed E-state index contributed by atoms with van der Waals surface area (Å²) in [5.74, 6) is 1.58. The van der Waals surface area contributed by atoms with E-state index in [1.165, 1.54) is 12.8 Å². The molecular formula is C9H17NO2. The SMILES string of the molecule is NCC1(OCCO)CC[C@@H]2C[C@@H]21. The molecule has 0 aromatic rings. The van der Waals surface area contributed by atoms with Crippen molar-refractivity contribution in [1.29, 1.82) is 0 Å². The van der Waals surface area contributed by atoms with Crippen LogP contribution in [0.15, 0.2) is 0 Å². The maximum atomic E-state index is 8.67. The van der Waals surface area contributed by atoms with Crippen molar-refractivity contribution in [2.45, 2.75) is 24.9 Å². The first-order chi connectivity index (χ1) is 5.82. The monoisotopic (exact) mass is 171 g/mol. The normalized spacial score (nSPS) is 44.5. The van der Waals surface area contributed by atoms with Crippen molar-refractivity contribution in [2.75, 3.05) is 19.8 Å². The molecule has 3 N–H and O–H groups in total. The highest BCUT2D eigenvalue weighted by Gasteiger charge is 2.57. The summed E-state index contributed by atoms with van der Waals surface area (Å²) in [5.41, 5.74) is 5.66. The average Bonchev–Trinajstić information content (AvgIpc) is 2.81. The summed E-state index contributed by atoms with van der Waals surface area (Å²) in [6, 6.07) is 0. The van der Waals surface area contributed by atoms with E-state index in [9.17, 15) is 0 Å². The van der Waals surface area contributed by atoms with Crippen molar-refractivity contribution in [3.05, 3.63) is 0 Å². The number of hydrogen-bond donors (Lipinski definition) is 2. The van der Waals surface area contributed by atoms with Crippen LogP contribution in [0.5, 0.6) is 0 Å². The maximum Gasteiger partial charge on any atom is 0.0836 e. The summed E-state index contributed by atoms with van der Waals surface area (Å²) in [6.07, 6.45) is 3.66. The van der Waals surface area contributed by atoms with Gasteiger partial charge in [0, 0.05) is 6.54 Å². The molecule has 0 saturated heterocycles. The molecule has 2 fully saturated rings. The Kier molecular flexibility index (Phi) is 2.10. The predicted molar refractivity (Wildman–Crippen MR) is 45.7 cm³/mol. The first-order valence-corrected chi connectivity index (χ1v) is 4.77. The van der Waals surface area contributed by atoms with E-state index >= 15 is 0 Å². The first kappa shape index (κ1) is 8.48. The molecule has 3 atom stereocenters. The van der Waals surface area contributed by atoms with Gasteiger partial charge in [-0.3, -0.25) is 0 Å². The Hall–Kier alpha value is -0.120. The minimum Gasteiger partial charge on any atom is -0.394 e. The lowest BCUT2D eigenvalue weighted by atomic mass is 9.97. The number of ether oxygens (including phenoxy) is 1. The molecule has 2 rings (SSSR count). The van der Waals surface area contributed by atoms with Crippen molar-refractivity contribution >= 4 is 0 Å². The summed E-state index contributed by atoms with van der Waals surface area (Å²) in [6.45, 7) is 1.17. The molecule has 2 aliphatic rings. The van der Waals surface area contributed by atoms with E-state index in [0.717, 1.165) is 12.3 Å². The van der Waals surface area contributed by atoms with Crippen LogP contribution < -0.4 is 5.73 Å². The zero-order valence-corrected chi connectivity index (χ0v) is 7.33. The summed E-state index contributed by atoms with van der Waals surface area (Å²) in [7, 11) is 0. The molecule has 0 heterocycles. The highest BCUT2D eigenvalue weighted by atomic mass is 16.5. The van der Waals surface area contributed by atoms with Crippen LogP contribution in [0.4, 0.5) is 0 Å². The first-order valence-electron chi connectivity index (χ1n) is 4.77. The number of hydrogen-bond acceptors (Lipinski definition) is 3. The van der Waals surface area contributed by atoms with Gasteiger partial charge in [0.25, 0.3) is 0 Å². The van der Waals surface area contributed by atoms with E-state index in [0.29, 0.717) is 19.1 Å². The topological polar surface area (TPSA) is 55.5 Å². The van der Waals surface area contributed by atoms with Gasteiger partial charge in [-0.2, -0.15) is 0 Å². The van der Waals surface area contributed by atoms with Crippen molar-refractivity contribution in [3.63, 3.8) is 0 Å². The molecule has 70 valence electrons. The van der Waals surface area contributed by atoms with E-state index in [2.05, 4.69) is 0 Å². The fourth-order valence-corrected chi connectivity index (χ4v) is 2.57. The molecule has 0 amide bonds. The number of fused-ring (bicyclic) bond motifs is 1. The van der Waals surface area contributed by atoms with Gasteiger partial charge in [-0.25, -0.2) is 0 Å². The molecule has 0 bridgehead atoms. The molecule has 2 aliphatic carbocycles. The molecule has 0 radical (unpaired) electrons. The average molecular weight is 171 g/mol. The number of rotatable bonds is 4. The largest absolute Gasteiger partial charge is 0.394 e. The third kappa shape index (κ3) is 1.16. The maximum absolute atomic E-state index is 8.67. The van der Waals surface area contributed by atoms with Gasteiger partial charge in [-0.1, -0.05) is 0 Å². The summed E-state index contributed by atoms with van der Waals surface area (Å²) in [4.78, 5) is 0. The lowest BCUT2D eigenvalue weighted by molar-refractivity contribution is -0.0620. The van der Waals surface area contributed by atoms with Crippen LogP contribution in [-0.2, 0) is 4.74 Å². The van der Waals surface area contributed by atoms with Crippen molar-refractivity contribution in [2.24, 2.45) is 17.6 Å². The number of nitrogens with two attached hydrogens (primary N) is 1. The quantitative estimate of drug-likeness (QED) is 0.632. The van der Waals surface area contributed by atoms with Crippen molar-refractivity contribution < 1.29 is 9.84 Å². The molecule has 0 spiro atoms. The van der Waals surface area contributed by atoms with Crippen LogP contribution in [0.25, 0.3) is 0 Å². The molecule has 1 unspecified atom stereocenters. The van der Waals surface area contributed by atoms with E-state index in [1.807, 2.05) is 0 Å². The van der Waals surface area contributed by atoms with Crippen LogP contribution in [0.3, 0.4) is 0 Å². The molecule has 0 aliphatic heterocycles. The van der Waals surface area contributed by atoms with E-state index in [1.54, 1.807) is 0 Å². The Morgan fingerprint density at radius 3 is 2.83 bits per heavy atom. The fraction of sp³-hybridized carbons (Fsp3) is 1.00. The van der Waals surface area contributed by atoms with Crippen LogP contribution in [-0.4, -0.2) is 30.5 Å². The third-order valence-corrected chi connectivity index (χ3v) is 3.36. The molecule has 3 nitrogen and oxygen atoms in total. The lowest BCUT2D eigenvalue weighted by Gasteiger charge is -2.29. The minimum atomic E-state index is -0.0621. The highest BCUT2D eigenvalue weighted by molar-refractivity contribution is 5.09. The van der Waals surface area contributed by atoms with E-state index < -0.39 is 0 Å². The Bertz CT molecular complexity index is 174. The Balaban J connectivity index is 1.94. The van der Waals surface area contributed by atoms with Crippen LogP contribution in [0.2, 0.25) is 0 Å². The lowest BCUT2D eigenvalue weighted by Crippen LogP contribution is -2.41. The van der Waals surface area contributed by atoms with Gasteiger partial charge in [-0.15, -0.1) is 0 Å². The fourth-order valence-electron chi connectivity index (χ4n) is 2.57. The molecule has 12 heavy (non-hydrogen) atoms. The second kappa shape index (κ2) is 2.98. The molecule has 3 heteroatoms. The second-order valence-corrected chi connectivity index (χ2v) is 3.98. The summed E-state index contributed by atoms with van der Waals surface area (Å²) in [5, 5.41) is 8.67. The van der Waals surface area contributed by atoms with Crippen molar-refractivity contribution in [3.8, 4) is 0 Å². The van der Waals surface area contributed by atoms with Gasteiger partial charge in [0.15, 0.2) is 0 Å². The molecule has 0 aromatic heterocycles. The van der Waals surface area contributed by atoms with Gasteiger partial charge in [-0.05, 0) is 31.1 Å². The summed E-state index contributed by atoms with van der Waals surface area (Å²) >= 11 is 0. The Morgan fingerprint density at radius 2 is 2.42 bits per heavy atom. The third-order valence-electron chi connectivity index (χ3n) is 3.36. The minimum absolute atomic E-state index is 0.0621. The van der Waals surface area contributed by atoms with Gasteiger partial charge < -0.3 is 15.6 Å². The van der Waals surface area contributed by atoms with Gasteiger partial charge >= 0.3 is 0 Å². The Morgan fingerprint density at radius 1 is 1.58 bits per heavy atom. The van der Waals surface area contributed by atoms with Gasteiger partial charge in [0.2, 0.25) is 0 Å². The highest BCUT2D eigenvalue weighted by Crippen LogP contribution is 2.58. The molecule has 2 saturated carbocycles. The van der Waals surface area contributed by atoms with E-state index in [4.69, 9.17) is 15.6 Å². The molecular weight excluding hydrogens is 154 g/mol. The van der Waals surface area contributed by atoms with Gasteiger partial charge in [0.05, 0.1) is 18.8 Å². The molecule has 0 aromatic carbocycles. The zero-order valence-electron chi connectivity index (χ0n) is 7.33. The van der Waals surface area contributed by atoms with Crippen LogP contribution in [0, 0.1) is 11.8 Å². The standard InChI is InChI=1S/C9H17NO2/c10-6-9(12-4-3-11)2-1-7-5-8(7)9/h7-8,11H,1-6,10H2/t7-,8+,9?/m1/s1. The van der Waals surface area contributed by atoms with Crippen molar-refractivity contribution in [1.82, 2.24) is 0 Å². The van der Waals surface area contributed by atoms with Crippen LogP contribution in [0.1, 0.15) is 19.3 Å². The second-order valence-electron chi connectivity index (χ2n) is 3.98. The zero-order chi connectivity index (χ0) is 8.60. The summed E-state index contributed by atoms with van der Waals surface area (Å²) < 4.78 is 5.67. The van der Waals surface area contributed by atoms with Gasteiger partial charge in [0.1, 0.15) is 0 Å². The smallest absolute Gasteiger partial charge is 0.0836 e. The van der Waals surface area contributed by atoms with Crippen LogP contribution >= 0.6 is 0 Å². The Labute approximate surface area is 72.9 Å².